The van der Waals surface area contributed by atoms with Crippen LogP contribution in [-0.4, -0.2) is 35.3 Å². The van der Waals surface area contributed by atoms with Gasteiger partial charge in [0.25, 0.3) is 0 Å². The normalized spacial score (nSPS) is 19.2. The zero-order valence-electron chi connectivity index (χ0n) is 7.22. The molecule has 0 aromatic rings. The summed E-state index contributed by atoms with van der Waals surface area (Å²) < 4.78 is 5.26. The zero-order chi connectivity index (χ0) is 9.03. The Hall–Kier alpha value is 0.140. The third kappa shape index (κ3) is 2.57. The van der Waals surface area contributed by atoms with Crippen LogP contribution in [0.4, 0.5) is 0 Å². The van der Waals surface area contributed by atoms with Crippen LogP contribution in [0.15, 0.2) is 0 Å². The second-order valence-corrected chi connectivity index (χ2v) is 5.00. The van der Waals surface area contributed by atoms with Crippen molar-refractivity contribution < 1.29 is 4.74 Å². The topological polar surface area (TPSA) is 36.3 Å². The molecule has 1 fully saturated rings. The van der Waals surface area contributed by atoms with Crippen LogP contribution in [-0.2, 0) is 4.74 Å². The molecule has 1 aliphatic rings. The minimum atomic E-state index is 0.270. The van der Waals surface area contributed by atoms with E-state index in [0.717, 1.165) is 6.54 Å². The maximum atomic E-state index is 8.59. The monoisotopic (exact) mass is 280 g/mol. The highest BCUT2D eigenvalue weighted by atomic mass is 127. The molecule has 4 heteroatoms. The number of alkyl halides is 1. The van der Waals surface area contributed by atoms with E-state index in [1.165, 1.54) is 12.8 Å². The van der Waals surface area contributed by atoms with Gasteiger partial charge in [-0.2, -0.15) is 5.26 Å². The molecule has 0 heterocycles. The van der Waals surface area contributed by atoms with Gasteiger partial charge < -0.3 is 4.74 Å². The number of rotatable bonds is 5. The first-order valence-corrected chi connectivity index (χ1v) is 5.10. The van der Waals surface area contributed by atoms with Crippen molar-refractivity contribution in [1.29, 1.82) is 5.26 Å². The maximum Gasteiger partial charge on any atom is 0.0877 e. The van der Waals surface area contributed by atoms with E-state index in [9.17, 15) is 0 Å². The number of hydrogen-bond acceptors (Lipinski definition) is 3. The van der Waals surface area contributed by atoms with Crippen molar-refractivity contribution in [2.24, 2.45) is 0 Å². The zero-order valence-corrected chi connectivity index (χ0v) is 9.37. The van der Waals surface area contributed by atoms with Crippen LogP contribution in [0, 0.1) is 11.3 Å². The largest absolute Gasteiger partial charge is 0.383 e. The number of ether oxygens (including phenoxy) is 1. The molecule has 0 saturated heterocycles. The Morgan fingerprint density at radius 1 is 1.67 bits per heavy atom. The fraction of sp³-hybridized carbons (Fsp3) is 0.875. The van der Waals surface area contributed by atoms with Gasteiger partial charge in [-0.15, -0.1) is 0 Å². The maximum absolute atomic E-state index is 8.59. The van der Waals surface area contributed by atoms with Crippen molar-refractivity contribution in [2.75, 3.05) is 26.8 Å². The highest BCUT2D eigenvalue weighted by molar-refractivity contribution is 14.1. The average Bonchev–Trinajstić information content (AvgIpc) is 2.78. The minimum absolute atomic E-state index is 0.270. The standard InChI is InChI=1S/C8H13IN2O/c1-12-7-6-11(5-4-10)8(9)2-3-8/h2-3,5-7H2,1H3. The molecule has 0 spiro atoms. The van der Waals surface area contributed by atoms with Gasteiger partial charge in [-0.05, 0) is 12.8 Å². The molecular weight excluding hydrogens is 267 g/mol. The van der Waals surface area contributed by atoms with Crippen LogP contribution in [0.5, 0.6) is 0 Å². The molecular formula is C8H13IN2O. The smallest absolute Gasteiger partial charge is 0.0877 e. The molecule has 0 unspecified atom stereocenters. The molecule has 68 valence electrons. The molecule has 0 aromatic carbocycles. The van der Waals surface area contributed by atoms with Crippen LogP contribution < -0.4 is 0 Å². The summed E-state index contributed by atoms with van der Waals surface area (Å²) >= 11 is 2.43. The predicted molar refractivity (Wildman–Crippen MR) is 55.0 cm³/mol. The molecule has 12 heavy (non-hydrogen) atoms. The van der Waals surface area contributed by atoms with Gasteiger partial charge in [0, 0.05) is 13.7 Å². The number of nitrogens with zero attached hydrogens (tertiary/aromatic N) is 2. The van der Waals surface area contributed by atoms with E-state index in [4.69, 9.17) is 10.00 Å². The fourth-order valence-corrected chi connectivity index (χ4v) is 1.81. The minimum Gasteiger partial charge on any atom is -0.383 e. The van der Waals surface area contributed by atoms with Gasteiger partial charge in [0.05, 0.1) is 22.8 Å². The second kappa shape index (κ2) is 4.40. The van der Waals surface area contributed by atoms with Crippen molar-refractivity contribution in [3.05, 3.63) is 0 Å². The van der Waals surface area contributed by atoms with Gasteiger partial charge in [0.15, 0.2) is 0 Å². The third-order valence-corrected chi connectivity index (χ3v) is 3.82. The Labute approximate surface area is 86.8 Å². The van der Waals surface area contributed by atoms with Crippen LogP contribution in [0.25, 0.3) is 0 Å². The van der Waals surface area contributed by atoms with Crippen molar-refractivity contribution in [2.45, 2.75) is 16.4 Å². The number of hydrogen-bond donors (Lipinski definition) is 0. The lowest BCUT2D eigenvalue weighted by molar-refractivity contribution is 0.148. The number of halogens is 1. The van der Waals surface area contributed by atoms with Crippen molar-refractivity contribution in [1.82, 2.24) is 4.90 Å². The van der Waals surface area contributed by atoms with E-state index >= 15 is 0 Å². The van der Waals surface area contributed by atoms with Crippen LogP contribution >= 0.6 is 22.6 Å². The predicted octanol–water partition coefficient (Wildman–Crippen LogP) is 1.38. The van der Waals surface area contributed by atoms with E-state index in [1.807, 2.05) is 0 Å². The van der Waals surface area contributed by atoms with Gasteiger partial charge in [-0.3, -0.25) is 4.90 Å². The van der Waals surface area contributed by atoms with Crippen LogP contribution in [0.1, 0.15) is 12.8 Å². The third-order valence-electron chi connectivity index (χ3n) is 2.06. The molecule has 0 aromatic heterocycles. The lowest BCUT2D eigenvalue weighted by Crippen LogP contribution is -2.35. The first-order chi connectivity index (χ1) is 5.73. The molecule has 1 rings (SSSR count). The highest BCUT2D eigenvalue weighted by Gasteiger charge is 2.44. The van der Waals surface area contributed by atoms with E-state index in [0.29, 0.717) is 13.2 Å². The quantitative estimate of drug-likeness (QED) is 0.330. The van der Waals surface area contributed by atoms with Gasteiger partial charge in [-0.25, -0.2) is 0 Å². The van der Waals surface area contributed by atoms with Crippen LogP contribution in [0.3, 0.4) is 0 Å². The Morgan fingerprint density at radius 2 is 2.33 bits per heavy atom. The van der Waals surface area contributed by atoms with Crippen molar-refractivity contribution in [3.63, 3.8) is 0 Å². The van der Waals surface area contributed by atoms with Gasteiger partial charge in [-0.1, -0.05) is 22.6 Å². The molecule has 0 atom stereocenters. The number of nitriles is 1. The molecule has 1 aliphatic carbocycles. The summed E-state index contributed by atoms with van der Waals surface area (Å²) in [6.07, 6.45) is 2.41. The van der Waals surface area contributed by atoms with E-state index in [1.54, 1.807) is 7.11 Å². The summed E-state index contributed by atoms with van der Waals surface area (Å²) in [5.74, 6) is 0. The second-order valence-electron chi connectivity index (χ2n) is 2.99. The number of methoxy groups -OCH3 is 1. The van der Waals surface area contributed by atoms with Gasteiger partial charge in [0.2, 0.25) is 0 Å². The highest BCUT2D eigenvalue weighted by Crippen LogP contribution is 2.47. The Morgan fingerprint density at radius 3 is 2.75 bits per heavy atom. The fourth-order valence-electron chi connectivity index (χ4n) is 1.13. The molecule has 3 nitrogen and oxygen atoms in total. The first-order valence-electron chi connectivity index (χ1n) is 4.03. The van der Waals surface area contributed by atoms with E-state index < -0.39 is 0 Å². The Kier molecular flexibility index (Phi) is 3.75. The lowest BCUT2D eigenvalue weighted by Gasteiger charge is -2.24. The Balaban J connectivity index is 2.34. The first kappa shape index (κ1) is 10.2. The van der Waals surface area contributed by atoms with Crippen molar-refractivity contribution >= 4 is 22.6 Å². The van der Waals surface area contributed by atoms with E-state index in [2.05, 4.69) is 33.6 Å². The summed E-state index contributed by atoms with van der Waals surface area (Å²) in [6, 6.07) is 2.19. The van der Waals surface area contributed by atoms with Gasteiger partial charge in [0.1, 0.15) is 0 Å². The molecule has 1 saturated carbocycles. The summed E-state index contributed by atoms with van der Waals surface area (Å²) in [6.45, 7) is 2.10. The molecule has 0 amide bonds. The summed E-state index contributed by atoms with van der Waals surface area (Å²) in [5, 5.41) is 8.59. The lowest BCUT2D eigenvalue weighted by atomic mass is 10.4. The van der Waals surface area contributed by atoms with Crippen LogP contribution in [0.2, 0.25) is 0 Å². The summed E-state index contributed by atoms with van der Waals surface area (Å²) in [4.78, 5) is 2.19. The summed E-state index contributed by atoms with van der Waals surface area (Å²) in [7, 11) is 1.69. The van der Waals surface area contributed by atoms with E-state index in [-0.39, 0.29) is 3.55 Å². The van der Waals surface area contributed by atoms with Gasteiger partial charge >= 0.3 is 0 Å². The average molecular weight is 280 g/mol. The molecule has 0 bridgehead atoms. The molecule has 0 radical (unpaired) electrons. The van der Waals surface area contributed by atoms with Crippen molar-refractivity contribution in [3.8, 4) is 6.07 Å². The molecule has 0 aliphatic heterocycles. The Bertz CT molecular complexity index is 186. The summed E-state index contributed by atoms with van der Waals surface area (Å²) in [5.41, 5.74) is 0. The SMILES string of the molecule is COCCN(CC#N)C1(I)CC1. The molecule has 0 N–H and O–H groups in total.